The van der Waals surface area contributed by atoms with E-state index in [2.05, 4.69) is 33.1 Å². The van der Waals surface area contributed by atoms with Gasteiger partial charge in [0.2, 0.25) is 11.8 Å². The minimum absolute atomic E-state index is 0.0325. The maximum atomic E-state index is 12.3. The van der Waals surface area contributed by atoms with Crippen LogP contribution in [0.2, 0.25) is 0 Å². The van der Waals surface area contributed by atoms with Crippen molar-refractivity contribution in [3.8, 4) is 17.6 Å². The molecule has 1 saturated heterocycles. The van der Waals surface area contributed by atoms with Gasteiger partial charge < -0.3 is 15.0 Å². The first-order valence-electron chi connectivity index (χ1n) is 8.60. The Morgan fingerprint density at radius 1 is 1.19 bits per heavy atom. The number of nitrogens with one attached hydrogen (secondary N) is 1. The van der Waals surface area contributed by atoms with Gasteiger partial charge in [0.1, 0.15) is 12.4 Å². The van der Waals surface area contributed by atoms with E-state index >= 15 is 0 Å². The lowest BCUT2D eigenvalue weighted by Crippen LogP contribution is -2.33. The van der Waals surface area contributed by atoms with Crippen molar-refractivity contribution in [2.45, 2.75) is 6.42 Å². The largest absolute Gasteiger partial charge is 0.481 e. The van der Waals surface area contributed by atoms with Crippen molar-refractivity contribution < 1.29 is 14.3 Å². The Morgan fingerprint density at radius 2 is 2.00 bits per heavy atom. The predicted molar refractivity (Wildman–Crippen MR) is 107 cm³/mol. The molecule has 6 heteroatoms. The summed E-state index contributed by atoms with van der Waals surface area (Å²) in [7, 11) is 0. The topological polar surface area (TPSA) is 58.6 Å². The molecule has 2 aromatic carbocycles. The lowest BCUT2D eigenvalue weighted by molar-refractivity contribution is -0.126. The van der Waals surface area contributed by atoms with E-state index in [1.165, 1.54) is 0 Å². The molecule has 1 atom stereocenters. The Morgan fingerprint density at radius 3 is 2.78 bits per heavy atom. The van der Waals surface area contributed by atoms with E-state index in [1.807, 2.05) is 54.6 Å². The number of amides is 2. The number of halogens is 1. The van der Waals surface area contributed by atoms with Gasteiger partial charge in [0.15, 0.2) is 0 Å². The summed E-state index contributed by atoms with van der Waals surface area (Å²) in [6.07, 6.45) is 0.222. The summed E-state index contributed by atoms with van der Waals surface area (Å²) in [5, 5.41) is 2.77. The van der Waals surface area contributed by atoms with E-state index in [9.17, 15) is 9.59 Å². The molecule has 0 bridgehead atoms. The number of hydrogen-bond acceptors (Lipinski definition) is 3. The molecule has 1 fully saturated rings. The third kappa shape index (κ3) is 5.35. The zero-order valence-corrected chi connectivity index (χ0v) is 16.2. The van der Waals surface area contributed by atoms with Gasteiger partial charge in [-0.05, 0) is 30.3 Å². The Kier molecular flexibility index (Phi) is 6.50. The van der Waals surface area contributed by atoms with Crippen LogP contribution >= 0.6 is 15.9 Å². The molecule has 1 aliphatic rings. The Balaban J connectivity index is 1.42. The molecule has 0 radical (unpaired) electrons. The summed E-state index contributed by atoms with van der Waals surface area (Å²) in [6.45, 7) is 0.876. The molecule has 1 heterocycles. The first-order valence-corrected chi connectivity index (χ1v) is 9.40. The summed E-state index contributed by atoms with van der Waals surface area (Å²) in [6, 6.07) is 16.9. The first kappa shape index (κ1) is 19.0. The molecular formula is C21H19BrN2O3. The highest BCUT2D eigenvalue weighted by molar-refractivity contribution is 9.10. The molecule has 27 heavy (non-hydrogen) atoms. The normalized spacial score (nSPS) is 15.8. The van der Waals surface area contributed by atoms with E-state index < -0.39 is 0 Å². The van der Waals surface area contributed by atoms with Crippen molar-refractivity contribution in [3.63, 3.8) is 0 Å². The number of carbonyl (C=O) groups is 2. The van der Waals surface area contributed by atoms with Crippen molar-refractivity contribution in [2.75, 3.05) is 24.6 Å². The number of nitrogens with zero attached hydrogens (tertiary/aromatic N) is 1. The molecule has 0 aliphatic carbocycles. The third-order valence-corrected chi connectivity index (χ3v) is 4.64. The average Bonchev–Trinajstić information content (AvgIpc) is 3.07. The number of anilines is 1. The second-order valence-corrected chi connectivity index (χ2v) is 6.97. The van der Waals surface area contributed by atoms with E-state index in [1.54, 1.807) is 4.90 Å². The van der Waals surface area contributed by atoms with Crippen LogP contribution in [0.5, 0.6) is 5.75 Å². The number of ether oxygens (including phenoxy) is 1. The van der Waals surface area contributed by atoms with Crippen molar-refractivity contribution in [3.05, 3.63) is 59.1 Å². The summed E-state index contributed by atoms with van der Waals surface area (Å²) in [5.41, 5.74) is 0.822. The van der Waals surface area contributed by atoms with Crippen molar-refractivity contribution in [1.29, 1.82) is 0 Å². The standard InChI is InChI=1S/C21H19BrN2O3/c22-17-7-6-10-19(14-17)27-12-5-4-11-23-21(26)16-13-20(25)24(15-16)18-8-2-1-3-9-18/h1-3,6-10,14,16H,11-13,15H2,(H,23,26). The van der Waals surface area contributed by atoms with Gasteiger partial charge in [0, 0.05) is 23.1 Å². The molecule has 138 valence electrons. The summed E-state index contributed by atoms with van der Waals surface area (Å²) in [4.78, 5) is 26.1. The van der Waals surface area contributed by atoms with Crippen LogP contribution in [0.3, 0.4) is 0 Å². The van der Waals surface area contributed by atoms with Gasteiger partial charge >= 0.3 is 0 Å². The van der Waals surface area contributed by atoms with Crippen LogP contribution in [0.1, 0.15) is 6.42 Å². The van der Waals surface area contributed by atoms with Crippen LogP contribution < -0.4 is 15.0 Å². The van der Waals surface area contributed by atoms with Crippen LogP contribution in [0.4, 0.5) is 5.69 Å². The number of benzene rings is 2. The van der Waals surface area contributed by atoms with E-state index in [0.717, 1.165) is 15.9 Å². The maximum absolute atomic E-state index is 12.3. The van der Waals surface area contributed by atoms with Gasteiger partial charge in [0.25, 0.3) is 0 Å². The first-order chi connectivity index (χ1) is 13.1. The third-order valence-electron chi connectivity index (χ3n) is 4.15. The molecule has 3 rings (SSSR count). The fourth-order valence-electron chi connectivity index (χ4n) is 2.81. The summed E-state index contributed by atoms with van der Waals surface area (Å²) >= 11 is 3.38. The molecule has 1 aliphatic heterocycles. The van der Waals surface area contributed by atoms with Crippen LogP contribution in [0.25, 0.3) is 0 Å². The zero-order chi connectivity index (χ0) is 19.1. The average molecular weight is 427 g/mol. The fraction of sp³-hybridized carbons (Fsp3) is 0.238. The maximum Gasteiger partial charge on any atom is 0.227 e. The molecule has 2 aromatic rings. The smallest absolute Gasteiger partial charge is 0.227 e. The van der Waals surface area contributed by atoms with Gasteiger partial charge in [-0.2, -0.15) is 0 Å². The molecule has 0 saturated carbocycles. The van der Waals surface area contributed by atoms with Crippen LogP contribution in [-0.4, -0.2) is 31.5 Å². The summed E-state index contributed by atoms with van der Waals surface area (Å²) in [5.74, 6) is 5.92. The number of rotatable bonds is 5. The summed E-state index contributed by atoms with van der Waals surface area (Å²) < 4.78 is 6.44. The minimum atomic E-state index is -0.350. The van der Waals surface area contributed by atoms with Gasteiger partial charge in [0.05, 0.1) is 12.5 Å². The second-order valence-electron chi connectivity index (χ2n) is 6.06. The van der Waals surface area contributed by atoms with Gasteiger partial charge in [-0.3, -0.25) is 9.59 Å². The lowest BCUT2D eigenvalue weighted by atomic mass is 10.1. The molecule has 5 nitrogen and oxygen atoms in total. The van der Waals surface area contributed by atoms with Crippen LogP contribution in [0.15, 0.2) is 59.1 Å². The lowest BCUT2D eigenvalue weighted by Gasteiger charge is -2.16. The molecule has 2 amide bonds. The van der Waals surface area contributed by atoms with E-state index in [-0.39, 0.29) is 37.3 Å². The zero-order valence-electron chi connectivity index (χ0n) is 14.7. The highest BCUT2D eigenvalue weighted by atomic mass is 79.9. The molecule has 1 unspecified atom stereocenters. The fourth-order valence-corrected chi connectivity index (χ4v) is 3.18. The highest BCUT2D eigenvalue weighted by Crippen LogP contribution is 2.24. The van der Waals surface area contributed by atoms with Gasteiger partial charge in [-0.1, -0.05) is 52.0 Å². The molecule has 0 spiro atoms. The van der Waals surface area contributed by atoms with Gasteiger partial charge in [-0.25, -0.2) is 0 Å². The Bertz CT molecular complexity index is 874. The van der Waals surface area contributed by atoms with E-state index in [0.29, 0.717) is 6.54 Å². The number of para-hydroxylation sites is 1. The Labute approximate surface area is 166 Å². The monoisotopic (exact) mass is 426 g/mol. The van der Waals surface area contributed by atoms with Crippen molar-refractivity contribution in [1.82, 2.24) is 5.32 Å². The molecular weight excluding hydrogens is 408 g/mol. The van der Waals surface area contributed by atoms with E-state index in [4.69, 9.17) is 4.74 Å². The number of hydrogen-bond donors (Lipinski definition) is 1. The Hall–Kier alpha value is -2.78. The van der Waals surface area contributed by atoms with Crippen LogP contribution in [0, 0.1) is 17.8 Å². The quantitative estimate of drug-likeness (QED) is 0.747. The second kappa shape index (κ2) is 9.24. The SMILES string of the molecule is O=C(NCC#CCOc1cccc(Br)c1)C1CC(=O)N(c2ccccc2)C1. The predicted octanol–water partition coefficient (Wildman–Crippen LogP) is 3.00. The van der Waals surface area contributed by atoms with Crippen molar-refractivity contribution in [2.24, 2.45) is 5.92 Å². The molecule has 0 aromatic heterocycles. The van der Waals surface area contributed by atoms with Crippen molar-refractivity contribution >= 4 is 33.4 Å². The number of carbonyl (C=O) groups excluding carboxylic acids is 2. The van der Waals surface area contributed by atoms with Gasteiger partial charge in [-0.15, -0.1) is 0 Å². The van der Waals surface area contributed by atoms with Crippen LogP contribution in [-0.2, 0) is 9.59 Å². The minimum Gasteiger partial charge on any atom is -0.481 e. The molecule has 1 N–H and O–H groups in total. The highest BCUT2D eigenvalue weighted by Gasteiger charge is 2.34.